The third-order valence-electron chi connectivity index (χ3n) is 4.65. The normalized spacial score (nSPS) is 16.5. The van der Waals surface area contributed by atoms with Gasteiger partial charge < -0.3 is 18.9 Å². The van der Waals surface area contributed by atoms with E-state index in [9.17, 15) is 4.79 Å². The van der Waals surface area contributed by atoms with E-state index in [1.165, 1.54) is 11.3 Å². The van der Waals surface area contributed by atoms with Crippen molar-refractivity contribution in [1.82, 2.24) is 15.0 Å². The summed E-state index contributed by atoms with van der Waals surface area (Å²) in [6.07, 6.45) is 1.72. The molecule has 7 nitrogen and oxygen atoms in total. The SMILES string of the molecule is COc1ccc(-c2noc(C3CCCN3C(=O)c3ccsc3)n2)cc1OC. The molecule has 1 amide bonds. The number of thiophene rings is 1. The molecule has 1 saturated heterocycles. The Bertz CT molecular complexity index is 938. The predicted molar refractivity (Wildman–Crippen MR) is 100 cm³/mol. The van der Waals surface area contributed by atoms with Crippen LogP contribution in [0.4, 0.5) is 0 Å². The quantitative estimate of drug-likeness (QED) is 0.665. The number of methoxy groups -OCH3 is 2. The molecule has 1 atom stereocenters. The van der Waals surface area contributed by atoms with Crippen molar-refractivity contribution in [3.8, 4) is 22.9 Å². The van der Waals surface area contributed by atoms with E-state index in [1.54, 1.807) is 26.4 Å². The van der Waals surface area contributed by atoms with Gasteiger partial charge in [-0.25, -0.2) is 0 Å². The summed E-state index contributed by atoms with van der Waals surface area (Å²) in [5.74, 6) is 2.15. The number of hydrogen-bond acceptors (Lipinski definition) is 7. The molecule has 1 unspecified atom stereocenters. The molecule has 0 saturated carbocycles. The smallest absolute Gasteiger partial charge is 0.255 e. The summed E-state index contributed by atoms with van der Waals surface area (Å²) in [6.45, 7) is 0.688. The fourth-order valence-corrected chi connectivity index (χ4v) is 3.91. The summed E-state index contributed by atoms with van der Waals surface area (Å²) in [6, 6.07) is 7.09. The first-order valence-electron chi connectivity index (χ1n) is 8.60. The molecule has 0 radical (unpaired) electrons. The summed E-state index contributed by atoms with van der Waals surface area (Å²) in [5, 5.41) is 7.86. The van der Waals surface area contributed by atoms with E-state index in [0.717, 1.165) is 18.4 Å². The van der Waals surface area contributed by atoms with E-state index >= 15 is 0 Å². The molecule has 2 aromatic heterocycles. The minimum absolute atomic E-state index is 0.00427. The first-order chi connectivity index (χ1) is 13.2. The molecule has 1 aliphatic heterocycles. The van der Waals surface area contributed by atoms with Crippen molar-refractivity contribution in [2.45, 2.75) is 18.9 Å². The highest BCUT2D eigenvalue weighted by atomic mass is 32.1. The lowest BCUT2D eigenvalue weighted by atomic mass is 10.2. The van der Waals surface area contributed by atoms with Gasteiger partial charge in [0.1, 0.15) is 6.04 Å². The van der Waals surface area contributed by atoms with Crippen LogP contribution < -0.4 is 9.47 Å². The number of amides is 1. The molecule has 3 aromatic rings. The summed E-state index contributed by atoms with van der Waals surface area (Å²) in [4.78, 5) is 19.1. The van der Waals surface area contributed by atoms with E-state index < -0.39 is 0 Å². The van der Waals surface area contributed by atoms with Gasteiger partial charge in [-0.05, 0) is 42.5 Å². The van der Waals surface area contributed by atoms with Crippen LogP contribution in [0.5, 0.6) is 11.5 Å². The first kappa shape index (κ1) is 17.5. The van der Waals surface area contributed by atoms with Crippen LogP contribution in [-0.4, -0.2) is 41.7 Å². The second-order valence-corrected chi connectivity index (χ2v) is 6.97. The lowest BCUT2D eigenvalue weighted by Crippen LogP contribution is -2.30. The molecule has 8 heteroatoms. The fourth-order valence-electron chi connectivity index (χ4n) is 3.28. The van der Waals surface area contributed by atoms with Crippen molar-refractivity contribution in [2.24, 2.45) is 0 Å². The molecule has 27 heavy (non-hydrogen) atoms. The molecule has 1 fully saturated rings. The average Bonchev–Trinajstić information content (AvgIpc) is 3.47. The maximum atomic E-state index is 12.7. The van der Waals surface area contributed by atoms with Gasteiger partial charge in [0.25, 0.3) is 5.91 Å². The van der Waals surface area contributed by atoms with Gasteiger partial charge in [-0.1, -0.05) is 5.16 Å². The molecule has 1 aliphatic rings. The van der Waals surface area contributed by atoms with Gasteiger partial charge in [-0.15, -0.1) is 0 Å². The largest absolute Gasteiger partial charge is 0.493 e. The lowest BCUT2D eigenvalue weighted by molar-refractivity contribution is 0.0710. The minimum atomic E-state index is -0.196. The average molecular weight is 385 g/mol. The monoisotopic (exact) mass is 385 g/mol. The summed E-state index contributed by atoms with van der Waals surface area (Å²) in [7, 11) is 3.17. The number of likely N-dealkylation sites (tertiary alicyclic amines) is 1. The number of hydrogen-bond donors (Lipinski definition) is 0. The van der Waals surface area contributed by atoms with E-state index in [0.29, 0.717) is 35.3 Å². The second-order valence-electron chi connectivity index (χ2n) is 6.19. The zero-order valence-electron chi connectivity index (χ0n) is 15.0. The number of aromatic nitrogens is 2. The number of nitrogens with zero attached hydrogens (tertiary/aromatic N) is 3. The van der Waals surface area contributed by atoms with Crippen molar-refractivity contribution in [3.05, 3.63) is 46.5 Å². The Morgan fingerprint density at radius 1 is 1.26 bits per heavy atom. The molecule has 0 spiro atoms. The molecule has 140 valence electrons. The Labute approximate surface area is 160 Å². The van der Waals surface area contributed by atoms with Crippen LogP contribution >= 0.6 is 11.3 Å². The van der Waals surface area contributed by atoms with Gasteiger partial charge >= 0.3 is 0 Å². The third-order valence-corrected chi connectivity index (χ3v) is 5.33. The van der Waals surface area contributed by atoms with Crippen molar-refractivity contribution in [1.29, 1.82) is 0 Å². The summed E-state index contributed by atoms with van der Waals surface area (Å²) < 4.78 is 16.1. The molecular formula is C19H19N3O4S. The van der Waals surface area contributed by atoms with Crippen LogP contribution in [0.15, 0.2) is 39.5 Å². The minimum Gasteiger partial charge on any atom is -0.493 e. The van der Waals surface area contributed by atoms with Gasteiger partial charge in [-0.3, -0.25) is 4.79 Å². The van der Waals surface area contributed by atoms with Gasteiger partial charge in [-0.2, -0.15) is 16.3 Å². The van der Waals surface area contributed by atoms with Gasteiger partial charge in [0.05, 0.1) is 19.8 Å². The molecule has 0 N–H and O–H groups in total. The van der Waals surface area contributed by atoms with E-state index in [1.807, 2.05) is 27.8 Å². The number of benzene rings is 1. The zero-order valence-corrected chi connectivity index (χ0v) is 15.9. The lowest BCUT2D eigenvalue weighted by Gasteiger charge is -2.21. The van der Waals surface area contributed by atoms with Gasteiger partial charge in [0.2, 0.25) is 11.7 Å². The first-order valence-corrected chi connectivity index (χ1v) is 9.54. The van der Waals surface area contributed by atoms with Crippen LogP contribution in [0, 0.1) is 0 Å². The Kier molecular flexibility index (Phi) is 4.81. The maximum absolute atomic E-state index is 12.7. The highest BCUT2D eigenvalue weighted by molar-refractivity contribution is 7.08. The number of carbonyl (C=O) groups excluding carboxylic acids is 1. The Morgan fingerprint density at radius 3 is 2.85 bits per heavy atom. The van der Waals surface area contributed by atoms with Crippen molar-refractivity contribution < 1.29 is 18.8 Å². The van der Waals surface area contributed by atoms with E-state index in [4.69, 9.17) is 14.0 Å². The summed E-state index contributed by atoms with van der Waals surface area (Å²) in [5.41, 5.74) is 1.46. The highest BCUT2D eigenvalue weighted by Crippen LogP contribution is 2.35. The predicted octanol–water partition coefficient (Wildman–Crippen LogP) is 3.79. The Balaban J connectivity index is 1.59. The Hall–Kier alpha value is -2.87. The van der Waals surface area contributed by atoms with E-state index in [-0.39, 0.29) is 11.9 Å². The fraction of sp³-hybridized carbons (Fsp3) is 0.316. The Morgan fingerprint density at radius 2 is 2.11 bits per heavy atom. The number of carbonyl (C=O) groups is 1. The third kappa shape index (κ3) is 3.28. The number of ether oxygens (including phenoxy) is 2. The second kappa shape index (κ2) is 7.40. The maximum Gasteiger partial charge on any atom is 0.255 e. The van der Waals surface area contributed by atoms with Gasteiger partial charge in [0, 0.05) is 17.5 Å². The van der Waals surface area contributed by atoms with Crippen molar-refractivity contribution in [2.75, 3.05) is 20.8 Å². The standard InChI is InChI=1S/C19H19N3O4S/c1-24-15-6-5-12(10-16(15)25-2)17-20-18(26-21-17)14-4-3-8-22(14)19(23)13-7-9-27-11-13/h5-7,9-11,14H,3-4,8H2,1-2H3. The van der Waals surface area contributed by atoms with E-state index in [2.05, 4.69) is 10.1 Å². The molecule has 4 rings (SSSR count). The van der Waals surface area contributed by atoms with Crippen molar-refractivity contribution in [3.63, 3.8) is 0 Å². The van der Waals surface area contributed by atoms with Crippen LogP contribution in [0.25, 0.3) is 11.4 Å². The topological polar surface area (TPSA) is 77.7 Å². The molecule has 0 aliphatic carbocycles. The van der Waals surface area contributed by atoms with Crippen LogP contribution in [0.3, 0.4) is 0 Å². The summed E-state index contributed by atoms with van der Waals surface area (Å²) >= 11 is 1.51. The molecular weight excluding hydrogens is 366 g/mol. The van der Waals surface area contributed by atoms with Crippen LogP contribution in [-0.2, 0) is 0 Å². The van der Waals surface area contributed by atoms with Crippen molar-refractivity contribution >= 4 is 17.2 Å². The van der Waals surface area contributed by atoms with Crippen LogP contribution in [0.2, 0.25) is 0 Å². The molecule has 1 aromatic carbocycles. The zero-order chi connectivity index (χ0) is 18.8. The van der Waals surface area contributed by atoms with Crippen LogP contribution in [0.1, 0.15) is 35.1 Å². The van der Waals surface area contributed by atoms with Gasteiger partial charge in [0.15, 0.2) is 11.5 Å². The molecule has 0 bridgehead atoms. The number of rotatable bonds is 5. The highest BCUT2D eigenvalue weighted by Gasteiger charge is 2.34. The molecule has 3 heterocycles.